The van der Waals surface area contributed by atoms with Crippen molar-refractivity contribution in [2.24, 2.45) is 0 Å². The molecule has 0 fully saturated rings. The van der Waals surface area contributed by atoms with Gasteiger partial charge in [-0.25, -0.2) is 8.42 Å². The molecule has 106 valence electrons. The van der Waals surface area contributed by atoms with Crippen molar-refractivity contribution < 1.29 is 13.2 Å². The van der Waals surface area contributed by atoms with Gasteiger partial charge in [0, 0.05) is 17.2 Å². The minimum absolute atomic E-state index is 0.106. The van der Waals surface area contributed by atoms with Crippen LogP contribution in [0, 0.1) is 6.92 Å². The van der Waals surface area contributed by atoms with Crippen molar-refractivity contribution in [1.29, 1.82) is 0 Å². The lowest BCUT2D eigenvalue weighted by Gasteiger charge is -2.09. The maximum Gasteiger partial charge on any atom is 0.263 e. The van der Waals surface area contributed by atoms with Gasteiger partial charge in [0.15, 0.2) is 0 Å². The molecule has 1 N–H and O–H groups in total. The lowest BCUT2D eigenvalue weighted by Crippen LogP contribution is -2.14. The predicted octanol–water partition coefficient (Wildman–Crippen LogP) is 2.85. The van der Waals surface area contributed by atoms with Gasteiger partial charge < -0.3 is 4.74 Å². The number of halogens is 1. The highest BCUT2D eigenvalue weighted by atomic mass is 35.5. The molecule has 2 aromatic rings. The largest absolute Gasteiger partial charge is 0.481 e. The lowest BCUT2D eigenvalue weighted by atomic mass is 10.2. The first-order chi connectivity index (χ1) is 9.40. The molecule has 0 unspecified atom stereocenters. The Morgan fingerprint density at radius 1 is 1.20 bits per heavy atom. The summed E-state index contributed by atoms with van der Waals surface area (Å²) in [5.41, 5.74) is 0.978. The van der Waals surface area contributed by atoms with Gasteiger partial charge in [0.2, 0.25) is 5.88 Å². The van der Waals surface area contributed by atoms with Gasteiger partial charge in [0.1, 0.15) is 5.82 Å². The van der Waals surface area contributed by atoms with E-state index >= 15 is 0 Å². The normalized spacial score (nSPS) is 11.2. The summed E-state index contributed by atoms with van der Waals surface area (Å²) in [6.45, 7) is 1.88. The summed E-state index contributed by atoms with van der Waals surface area (Å²) in [6.07, 6.45) is 0. The summed E-state index contributed by atoms with van der Waals surface area (Å²) >= 11 is 5.87. The lowest BCUT2D eigenvalue weighted by molar-refractivity contribution is 0.398. The molecule has 0 bridgehead atoms. The van der Waals surface area contributed by atoms with E-state index < -0.39 is 10.0 Å². The molecule has 0 spiro atoms. The average Bonchev–Trinajstić information content (AvgIpc) is 2.37. The molecule has 0 atom stereocenters. The van der Waals surface area contributed by atoms with E-state index in [9.17, 15) is 8.42 Å². The Balaban J connectivity index is 2.33. The first-order valence-electron chi connectivity index (χ1n) is 5.72. The molecule has 0 radical (unpaired) electrons. The SMILES string of the molecule is COc1cc(Cl)cc(NS(=O)(=O)c2ccc(C)cc2)n1. The van der Waals surface area contributed by atoms with Gasteiger partial charge in [-0.1, -0.05) is 29.3 Å². The zero-order chi connectivity index (χ0) is 14.8. The molecule has 5 nitrogen and oxygen atoms in total. The van der Waals surface area contributed by atoms with Crippen molar-refractivity contribution in [2.45, 2.75) is 11.8 Å². The smallest absolute Gasteiger partial charge is 0.263 e. The molecule has 0 aliphatic carbocycles. The molecule has 1 aromatic carbocycles. The van der Waals surface area contributed by atoms with E-state index in [-0.39, 0.29) is 16.6 Å². The molecule has 1 aromatic heterocycles. The Labute approximate surface area is 122 Å². The number of nitrogens with one attached hydrogen (secondary N) is 1. The number of nitrogens with zero attached hydrogens (tertiary/aromatic N) is 1. The first-order valence-corrected chi connectivity index (χ1v) is 7.58. The molecule has 20 heavy (non-hydrogen) atoms. The van der Waals surface area contributed by atoms with E-state index in [1.807, 2.05) is 6.92 Å². The highest BCUT2D eigenvalue weighted by molar-refractivity contribution is 7.92. The van der Waals surface area contributed by atoms with Gasteiger partial charge in [-0.3, -0.25) is 4.72 Å². The van der Waals surface area contributed by atoms with Crippen molar-refractivity contribution in [3.8, 4) is 5.88 Å². The third kappa shape index (κ3) is 3.40. The summed E-state index contributed by atoms with van der Waals surface area (Å²) < 4.78 is 31.7. The van der Waals surface area contributed by atoms with Crippen LogP contribution in [0.3, 0.4) is 0 Å². The Morgan fingerprint density at radius 2 is 1.85 bits per heavy atom. The molecule has 2 rings (SSSR count). The van der Waals surface area contributed by atoms with Crippen LogP contribution in [0.5, 0.6) is 5.88 Å². The van der Waals surface area contributed by atoms with Crippen LogP contribution in [-0.4, -0.2) is 20.5 Å². The number of hydrogen-bond acceptors (Lipinski definition) is 4. The third-order valence-electron chi connectivity index (χ3n) is 2.55. The van der Waals surface area contributed by atoms with Crippen LogP contribution in [0.4, 0.5) is 5.82 Å². The fourth-order valence-corrected chi connectivity index (χ4v) is 2.73. The van der Waals surface area contributed by atoms with Gasteiger partial charge in [-0.05, 0) is 19.1 Å². The topological polar surface area (TPSA) is 68.3 Å². The van der Waals surface area contributed by atoms with Gasteiger partial charge >= 0.3 is 0 Å². The Hall–Kier alpha value is -1.79. The summed E-state index contributed by atoms with van der Waals surface area (Å²) in [5, 5.41) is 0.332. The number of aromatic nitrogens is 1. The van der Waals surface area contributed by atoms with Gasteiger partial charge in [-0.15, -0.1) is 0 Å². The predicted molar refractivity (Wildman–Crippen MR) is 77.8 cm³/mol. The van der Waals surface area contributed by atoms with Gasteiger partial charge in [0.05, 0.1) is 12.0 Å². The quantitative estimate of drug-likeness (QED) is 0.942. The number of sulfonamides is 1. The molecule has 0 saturated heterocycles. The number of pyridine rings is 1. The number of hydrogen-bond donors (Lipinski definition) is 1. The summed E-state index contributed by atoms with van der Waals surface area (Å²) in [5.74, 6) is 0.342. The molecule has 0 amide bonds. The number of aryl methyl sites for hydroxylation is 1. The minimum Gasteiger partial charge on any atom is -0.481 e. The van der Waals surface area contributed by atoms with E-state index in [4.69, 9.17) is 16.3 Å². The Bertz CT molecular complexity index is 715. The summed E-state index contributed by atoms with van der Waals surface area (Å²) in [6, 6.07) is 9.40. The number of anilines is 1. The first kappa shape index (κ1) is 14.6. The fraction of sp³-hybridized carbons (Fsp3) is 0.154. The molecule has 0 saturated carbocycles. The molecule has 7 heteroatoms. The summed E-state index contributed by atoms with van der Waals surface area (Å²) in [7, 11) is -2.27. The monoisotopic (exact) mass is 312 g/mol. The minimum atomic E-state index is -3.70. The van der Waals surface area contributed by atoms with Crippen LogP contribution in [0.2, 0.25) is 5.02 Å². The zero-order valence-corrected chi connectivity index (χ0v) is 12.5. The van der Waals surface area contributed by atoms with Crippen LogP contribution in [0.1, 0.15) is 5.56 Å². The number of rotatable bonds is 4. The number of benzene rings is 1. The average molecular weight is 313 g/mol. The van der Waals surface area contributed by atoms with Crippen LogP contribution >= 0.6 is 11.6 Å². The third-order valence-corrected chi connectivity index (χ3v) is 4.13. The second kappa shape index (κ2) is 5.68. The Morgan fingerprint density at radius 3 is 2.45 bits per heavy atom. The molecular formula is C13H13ClN2O3S. The highest BCUT2D eigenvalue weighted by Crippen LogP contribution is 2.22. The van der Waals surface area contributed by atoms with Crippen molar-refractivity contribution in [2.75, 3.05) is 11.8 Å². The van der Waals surface area contributed by atoms with Crippen molar-refractivity contribution >= 4 is 27.4 Å². The number of methoxy groups -OCH3 is 1. The van der Waals surface area contributed by atoms with E-state index in [1.54, 1.807) is 12.1 Å². The van der Waals surface area contributed by atoms with E-state index in [2.05, 4.69) is 9.71 Å². The molecule has 0 aliphatic rings. The molecule has 1 heterocycles. The van der Waals surface area contributed by atoms with Crippen LogP contribution in [0.15, 0.2) is 41.3 Å². The number of ether oxygens (including phenoxy) is 1. The van der Waals surface area contributed by atoms with E-state index in [0.717, 1.165) is 5.56 Å². The second-order valence-electron chi connectivity index (χ2n) is 4.13. The highest BCUT2D eigenvalue weighted by Gasteiger charge is 2.15. The van der Waals surface area contributed by atoms with Crippen LogP contribution in [-0.2, 0) is 10.0 Å². The van der Waals surface area contributed by atoms with Crippen LogP contribution in [0.25, 0.3) is 0 Å². The Kier molecular flexibility index (Phi) is 4.15. The van der Waals surface area contributed by atoms with Gasteiger partial charge in [-0.2, -0.15) is 4.98 Å². The molecular weight excluding hydrogens is 300 g/mol. The van der Waals surface area contributed by atoms with Gasteiger partial charge in [0.25, 0.3) is 10.0 Å². The van der Waals surface area contributed by atoms with E-state index in [0.29, 0.717) is 5.02 Å². The standard InChI is InChI=1S/C13H13ClN2O3S/c1-9-3-5-11(6-4-9)20(17,18)16-12-7-10(14)8-13(15-12)19-2/h3-8H,1-2H3,(H,15,16). The maximum absolute atomic E-state index is 12.2. The van der Waals surface area contributed by atoms with Crippen LogP contribution < -0.4 is 9.46 Å². The fourth-order valence-electron chi connectivity index (χ4n) is 1.54. The maximum atomic E-state index is 12.2. The van der Waals surface area contributed by atoms with Crippen molar-refractivity contribution in [3.63, 3.8) is 0 Å². The van der Waals surface area contributed by atoms with Crippen molar-refractivity contribution in [1.82, 2.24) is 4.98 Å². The zero-order valence-electron chi connectivity index (χ0n) is 10.9. The summed E-state index contributed by atoms with van der Waals surface area (Å²) in [4.78, 5) is 4.14. The molecule has 0 aliphatic heterocycles. The van der Waals surface area contributed by atoms with Crippen molar-refractivity contribution in [3.05, 3.63) is 47.0 Å². The second-order valence-corrected chi connectivity index (χ2v) is 6.25. The van der Waals surface area contributed by atoms with E-state index in [1.165, 1.54) is 31.4 Å².